The Balaban J connectivity index is 1.51. The molecule has 0 fully saturated rings. The molecule has 1 aromatic heterocycles. The summed E-state index contributed by atoms with van der Waals surface area (Å²) in [5, 5.41) is 15.8. The van der Waals surface area contributed by atoms with Crippen molar-refractivity contribution in [3.63, 3.8) is 0 Å². The van der Waals surface area contributed by atoms with Gasteiger partial charge in [-0.3, -0.25) is 4.79 Å². The summed E-state index contributed by atoms with van der Waals surface area (Å²) in [7, 11) is 0. The molecule has 1 heterocycles. The first kappa shape index (κ1) is 20.4. The van der Waals surface area contributed by atoms with Crippen molar-refractivity contribution in [1.29, 1.82) is 0 Å². The lowest BCUT2D eigenvalue weighted by Gasteiger charge is -2.05. The summed E-state index contributed by atoms with van der Waals surface area (Å²) in [6.07, 6.45) is 1.60. The second-order valence-corrected chi connectivity index (χ2v) is 8.07. The number of carbonyl (C=O) groups excluding carboxylic acids is 1. The Morgan fingerprint density at radius 2 is 1.93 bits per heavy atom. The molecule has 0 atom stereocenters. The van der Waals surface area contributed by atoms with Gasteiger partial charge < -0.3 is 11.2 Å². The second-order valence-electron chi connectivity index (χ2n) is 5.44. The normalized spacial score (nSPS) is 10.9. The van der Waals surface area contributed by atoms with E-state index in [-0.39, 0.29) is 17.6 Å². The zero-order chi connectivity index (χ0) is 19.9. The van der Waals surface area contributed by atoms with Crippen LogP contribution in [-0.4, -0.2) is 32.7 Å². The maximum absolute atomic E-state index is 12.1. The molecule has 4 N–H and O–H groups in total. The van der Waals surface area contributed by atoms with Gasteiger partial charge in [0, 0.05) is 14.3 Å². The molecule has 0 bridgehead atoms. The molecular formula is C17H15ClIN7OS. The van der Waals surface area contributed by atoms with E-state index in [1.807, 2.05) is 36.4 Å². The third-order valence-corrected chi connectivity index (χ3v) is 5.29. The third kappa shape index (κ3) is 5.84. The third-order valence-electron chi connectivity index (χ3n) is 3.37. The summed E-state index contributed by atoms with van der Waals surface area (Å²) >= 11 is 9.22. The van der Waals surface area contributed by atoms with E-state index in [0.717, 1.165) is 14.8 Å². The summed E-state index contributed by atoms with van der Waals surface area (Å²) in [6, 6.07) is 14.7. The number of anilines is 2. The fourth-order valence-electron chi connectivity index (χ4n) is 2.03. The van der Waals surface area contributed by atoms with Gasteiger partial charge in [-0.1, -0.05) is 35.5 Å². The van der Waals surface area contributed by atoms with Crippen LogP contribution in [0.25, 0.3) is 0 Å². The standard InChI is InChI=1S/C17H15ClIN7OS/c18-12-3-1-11(2-4-12)9-21-23-16-24-25-17(26(16)20)28-10-15(27)22-14-7-5-13(19)6-8-14/h1-9H,10,20H2,(H,22,27)(H,23,24)/b21-9+. The number of hydrogen-bond donors (Lipinski definition) is 3. The topological polar surface area (TPSA) is 110 Å². The number of rotatable bonds is 7. The molecule has 0 saturated carbocycles. The Bertz CT molecular complexity index is 976. The SMILES string of the molecule is Nn1c(N/N=C/c2ccc(Cl)cc2)nnc1SCC(=O)Nc1ccc(I)cc1. The molecule has 144 valence electrons. The van der Waals surface area contributed by atoms with Gasteiger partial charge in [-0.25, -0.2) is 10.1 Å². The highest BCUT2D eigenvalue weighted by atomic mass is 127. The van der Waals surface area contributed by atoms with Crippen molar-refractivity contribution in [1.82, 2.24) is 14.9 Å². The Morgan fingerprint density at radius 3 is 2.64 bits per heavy atom. The number of halogens is 2. The van der Waals surface area contributed by atoms with Crippen LogP contribution >= 0.6 is 46.0 Å². The van der Waals surface area contributed by atoms with Crippen LogP contribution in [0.4, 0.5) is 11.6 Å². The van der Waals surface area contributed by atoms with E-state index in [1.54, 1.807) is 18.3 Å². The van der Waals surface area contributed by atoms with Gasteiger partial charge in [-0.15, -0.1) is 10.2 Å². The Labute approximate surface area is 184 Å². The van der Waals surface area contributed by atoms with E-state index in [1.165, 1.54) is 16.4 Å². The number of carbonyl (C=O) groups is 1. The minimum atomic E-state index is -0.163. The molecule has 3 aromatic rings. The molecule has 2 aromatic carbocycles. The second kappa shape index (κ2) is 9.75. The number of aromatic nitrogens is 3. The monoisotopic (exact) mass is 527 g/mol. The molecule has 0 spiro atoms. The van der Waals surface area contributed by atoms with E-state index in [2.05, 4.69) is 48.6 Å². The number of nitrogens with two attached hydrogens (primary N) is 1. The minimum Gasteiger partial charge on any atom is -0.334 e. The molecule has 3 rings (SSSR count). The highest BCUT2D eigenvalue weighted by Gasteiger charge is 2.12. The zero-order valence-corrected chi connectivity index (χ0v) is 18.1. The molecule has 0 aliphatic heterocycles. The number of hydrogen-bond acceptors (Lipinski definition) is 7. The molecule has 0 radical (unpaired) electrons. The minimum absolute atomic E-state index is 0.148. The number of thioether (sulfide) groups is 1. The quantitative estimate of drug-likeness (QED) is 0.143. The van der Waals surface area contributed by atoms with E-state index < -0.39 is 0 Å². The van der Waals surface area contributed by atoms with Crippen molar-refractivity contribution in [2.75, 3.05) is 22.3 Å². The summed E-state index contributed by atoms with van der Waals surface area (Å²) in [4.78, 5) is 12.1. The highest BCUT2D eigenvalue weighted by Crippen LogP contribution is 2.18. The van der Waals surface area contributed by atoms with Crippen LogP contribution < -0.4 is 16.6 Å². The van der Waals surface area contributed by atoms with E-state index in [0.29, 0.717) is 10.2 Å². The molecular weight excluding hydrogens is 513 g/mol. The van der Waals surface area contributed by atoms with Gasteiger partial charge in [0.2, 0.25) is 11.1 Å². The van der Waals surface area contributed by atoms with E-state index in [9.17, 15) is 4.79 Å². The van der Waals surface area contributed by atoms with E-state index in [4.69, 9.17) is 17.4 Å². The van der Waals surface area contributed by atoms with Crippen molar-refractivity contribution >= 4 is 69.7 Å². The van der Waals surface area contributed by atoms with Crippen molar-refractivity contribution < 1.29 is 4.79 Å². The molecule has 28 heavy (non-hydrogen) atoms. The van der Waals surface area contributed by atoms with Crippen LogP contribution in [0.3, 0.4) is 0 Å². The molecule has 11 heteroatoms. The number of nitrogen functional groups attached to an aromatic ring is 1. The lowest BCUT2D eigenvalue weighted by atomic mass is 10.2. The molecule has 0 unspecified atom stereocenters. The number of nitrogens with one attached hydrogen (secondary N) is 2. The molecule has 0 aliphatic rings. The molecule has 1 amide bonds. The maximum atomic E-state index is 12.1. The van der Waals surface area contributed by atoms with Gasteiger partial charge in [0.1, 0.15) is 0 Å². The van der Waals surface area contributed by atoms with Crippen LogP contribution in [0.15, 0.2) is 58.8 Å². The average Bonchev–Trinajstić information content (AvgIpc) is 3.03. The molecule has 0 aliphatic carbocycles. The summed E-state index contributed by atoms with van der Waals surface area (Å²) < 4.78 is 2.34. The lowest BCUT2D eigenvalue weighted by molar-refractivity contribution is -0.113. The molecule has 8 nitrogen and oxygen atoms in total. The van der Waals surface area contributed by atoms with Crippen molar-refractivity contribution in [3.05, 3.63) is 62.7 Å². The van der Waals surface area contributed by atoms with Crippen molar-refractivity contribution in [2.45, 2.75) is 5.16 Å². The van der Waals surface area contributed by atoms with Crippen molar-refractivity contribution in [2.24, 2.45) is 5.10 Å². The van der Waals surface area contributed by atoms with Crippen LogP contribution in [-0.2, 0) is 4.79 Å². The number of amides is 1. The van der Waals surface area contributed by atoms with Crippen LogP contribution in [0.5, 0.6) is 0 Å². The van der Waals surface area contributed by atoms with Gasteiger partial charge in [-0.05, 0) is 64.6 Å². The fourth-order valence-corrected chi connectivity index (χ4v) is 3.17. The first-order valence-corrected chi connectivity index (χ1v) is 10.4. The van der Waals surface area contributed by atoms with Gasteiger partial charge in [0.05, 0.1) is 12.0 Å². The highest BCUT2D eigenvalue weighted by molar-refractivity contribution is 14.1. The summed E-state index contributed by atoms with van der Waals surface area (Å²) in [6.45, 7) is 0. The Kier molecular flexibility index (Phi) is 7.12. The van der Waals surface area contributed by atoms with Gasteiger partial charge in [-0.2, -0.15) is 5.10 Å². The number of hydrazone groups is 1. The summed E-state index contributed by atoms with van der Waals surface area (Å²) in [5.41, 5.74) is 4.31. The van der Waals surface area contributed by atoms with Crippen LogP contribution in [0.2, 0.25) is 5.02 Å². The first-order chi connectivity index (χ1) is 13.5. The largest absolute Gasteiger partial charge is 0.334 e. The molecule has 0 saturated heterocycles. The van der Waals surface area contributed by atoms with Crippen LogP contribution in [0, 0.1) is 3.57 Å². The number of benzene rings is 2. The van der Waals surface area contributed by atoms with Crippen molar-refractivity contribution in [3.8, 4) is 0 Å². The predicted octanol–water partition coefficient (Wildman–Crippen LogP) is 3.43. The predicted molar refractivity (Wildman–Crippen MR) is 121 cm³/mol. The smallest absolute Gasteiger partial charge is 0.264 e. The summed E-state index contributed by atoms with van der Waals surface area (Å²) in [5.74, 6) is 6.18. The Hall–Kier alpha value is -2.31. The maximum Gasteiger partial charge on any atom is 0.264 e. The van der Waals surface area contributed by atoms with Gasteiger partial charge in [0.15, 0.2) is 0 Å². The Morgan fingerprint density at radius 1 is 1.21 bits per heavy atom. The lowest BCUT2D eigenvalue weighted by Crippen LogP contribution is -2.16. The van der Waals surface area contributed by atoms with E-state index >= 15 is 0 Å². The van der Waals surface area contributed by atoms with Gasteiger partial charge >= 0.3 is 0 Å². The van der Waals surface area contributed by atoms with Crippen LogP contribution in [0.1, 0.15) is 5.56 Å². The first-order valence-electron chi connectivity index (χ1n) is 7.94. The zero-order valence-electron chi connectivity index (χ0n) is 14.3. The average molecular weight is 528 g/mol. The fraction of sp³-hybridized carbons (Fsp3) is 0.0588. The number of nitrogens with zero attached hydrogens (tertiary/aromatic N) is 4. The van der Waals surface area contributed by atoms with Gasteiger partial charge in [0.25, 0.3) is 5.95 Å².